The van der Waals surface area contributed by atoms with Crippen molar-refractivity contribution in [2.24, 2.45) is 0 Å². The summed E-state index contributed by atoms with van der Waals surface area (Å²) < 4.78 is 0. The first-order chi connectivity index (χ1) is 7.83. The van der Waals surface area contributed by atoms with E-state index in [4.69, 9.17) is 5.73 Å². The first-order valence-corrected chi connectivity index (χ1v) is 7.18. The Hall–Kier alpha value is -0.830. The van der Waals surface area contributed by atoms with Crippen LogP contribution in [0.5, 0.6) is 0 Å². The van der Waals surface area contributed by atoms with Crippen molar-refractivity contribution in [3.63, 3.8) is 0 Å². The lowest BCUT2D eigenvalue weighted by Gasteiger charge is -2.31. The molecule has 88 valence electrons. The van der Waals surface area contributed by atoms with Crippen molar-refractivity contribution in [2.75, 3.05) is 35.2 Å². The van der Waals surface area contributed by atoms with E-state index in [0.29, 0.717) is 0 Å². The van der Waals surface area contributed by atoms with Gasteiger partial charge >= 0.3 is 0 Å². The highest BCUT2D eigenvalue weighted by Crippen LogP contribution is 2.31. The van der Waals surface area contributed by atoms with Crippen molar-refractivity contribution in [3.8, 4) is 0 Å². The number of nitrogens with zero attached hydrogens (tertiary/aromatic N) is 1. The van der Waals surface area contributed by atoms with Crippen LogP contribution in [0.2, 0.25) is 0 Å². The Kier molecular flexibility index (Phi) is 3.99. The van der Waals surface area contributed by atoms with Gasteiger partial charge in [-0.2, -0.15) is 11.8 Å². The summed E-state index contributed by atoms with van der Waals surface area (Å²) in [5.41, 5.74) is 9.71. The van der Waals surface area contributed by atoms with E-state index in [1.54, 1.807) is 0 Å². The molecule has 1 aromatic rings. The number of hydrogen-bond donors (Lipinski definition) is 1. The smallest absolute Gasteiger partial charge is 0.0419 e. The monoisotopic (exact) mass is 236 g/mol. The summed E-state index contributed by atoms with van der Waals surface area (Å²) in [6.07, 6.45) is 2.37. The Labute approximate surface area is 102 Å². The topological polar surface area (TPSA) is 29.3 Å². The van der Waals surface area contributed by atoms with Crippen LogP contribution >= 0.6 is 11.8 Å². The van der Waals surface area contributed by atoms with Gasteiger partial charge in [0, 0.05) is 30.2 Å². The van der Waals surface area contributed by atoms with E-state index in [1.165, 1.54) is 35.7 Å². The largest absolute Gasteiger partial charge is 0.398 e. The van der Waals surface area contributed by atoms with E-state index < -0.39 is 0 Å². The highest BCUT2D eigenvalue weighted by Gasteiger charge is 2.17. The first kappa shape index (κ1) is 11.6. The molecule has 2 rings (SSSR count). The van der Waals surface area contributed by atoms with Gasteiger partial charge in [-0.15, -0.1) is 0 Å². The van der Waals surface area contributed by atoms with Crippen LogP contribution in [0.3, 0.4) is 0 Å². The zero-order chi connectivity index (χ0) is 11.4. The van der Waals surface area contributed by atoms with Gasteiger partial charge in [0.2, 0.25) is 0 Å². The highest BCUT2D eigenvalue weighted by molar-refractivity contribution is 7.99. The summed E-state index contributed by atoms with van der Waals surface area (Å²) >= 11 is 2.01. The second kappa shape index (κ2) is 5.48. The van der Waals surface area contributed by atoms with E-state index >= 15 is 0 Å². The molecule has 0 aliphatic carbocycles. The zero-order valence-corrected chi connectivity index (χ0v) is 10.7. The Morgan fingerprint density at radius 1 is 1.44 bits per heavy atom. The highest BCUT2D eigenvalue weighted by atomic mass is 32.2. The number of nitrogens with two attached hydrogens (primary N) is 1. The summed E-state index contributed by atoms with van der Waals surface area (Å²) in [6.45, 7) is 4.54. The van der Waals surface area contributed by atoms with Gasteiger partial charge in [0.15, 0.2) is 0 Å². The van der Waals surface area contributed by atoms with Gasteiger partial charge in [-0.1, -0.05) is 13.0 Å². The Morgan fingerprint density at radius 3 is 3.12 bits per heavy atom. The molecule has 0 unspecified atom stereocenters. The first-order valence-electron chi connectivity index (χ1n) is 6.03. The number of fused-ring (bicyclic) bond motifs is 1. The van der Waals surface area contributed by atoms with Gasteiger partial charge in [0.25, 0.3) is 0 Å². The van der Waals surface area contributed by atoms with E-state index in [9.17, 15) is 0 Å². The fourth-order valence-electron chi connectivity index (χ4n) is 2.28. The number of hydrogen-bond acceptors (Lipinski definition) is 3. The lowest BCUT2D eigenvalue weighted by atomic mass is 10.00. The molecule has 1 aliphatic heterocycles. The van der Waals surface area contributed by atoms with Crippen LogP contribution in [-0.2, 0) is 6.42 Å². The minimum atomic E-state index is 0.963. The quantitative estimate of drug-likeness (QED) is 0.644. The molecule has 16 heavy (non-hydrogen) atoms. The number of benzene rings is 1. The summed E-state index contributed by atoms with van der Waals surface area (Å²) in [6, 6.07) is 6.30. The van der Waals surface area contributed by atoms with Crippen LogP contribution in [-0.4, -0.2) is 24.6 Å². The predicted octanol–water partition coefficient (Wildman–Crippen LogP) is 2.77. The second-order valence-electron chi connectivity index (χ2n) is 4.13. The van der Waals surface area contributed by atoms with Gasteiger partial charge < -0.3 is 10.6 Å². The molecule has 3 heteroatoms. The van der Waals surface area contributed by atoms with E-state index in [-0.39, 0.29) is 0 Å². The summed E-state index contributed by atoms with van der Waals surface area (Å²) in [7, 11) is 0. The molecule has 0 atom stereocenters. The molecule has 0 saturated carbocycles. The third-order valence-electron chi connectivity index (χ3n) is 3.09. The summed E-state index contributed by atoms with van der Waals surface area (Å²) in [5, 5.41) is 0. The molecule has 0 spiro atoms. The number of thioether (sulfide) groups is 1. The molecule has 0 amide bonds. The lowest BCUT2D eigenvalue weighted by molar-refractivity contribution is 0.711. The molecule has 2 N–H and O–H groups in total. The Morgan fingerprint density at radius 2 is 2.31 bits per heavy atom. The van der Waals surface area contributed by atoms with Crippen molar-refractivity contribution in [1.82, 2.24) is 0 Å². The molecule has 0 radical (unpaired) electrons. The maximum Gasteiger partial charge on any atom is 0.0419 e. The Balaban J connectivity index is 2.10. The summed E-state index contributed by atoms with van der Waals surface area (Å²) in [4.78, 5) is 2.48. The Bertz CT molecular complexity index is 352. The second-order valence-corrected chi connectivity index (χ2v) is 5.53. The van der Waals surface area contributed by atoms with Gasteiger partial charge in [0.05, 0.1) is 0 Å². The van der Waals surface area contributed by atoms with E-state index in [1.807, 2.05) is 17.8 Å². The van der Waals surface area contributed by atoms with Crippen molar-refractivity contribution in [1.29, 1.82) is 0 Å². The van der Waals surface area contributed by atoms with Crippen molar-refractivity contribution in [2.45, 2.75) is 19.8 Å². The fraction of sp³-hybridized carbons (Fsp3) is 0.538. The standard InChI is InChI=1S/C13H20N2S/c1-2-16-10-9-15-8-4-5-11-12(14)6-3-7-13(11)15/h3,6-7H,2,4-5,8-10,14H2,1H3. The molecule has 0 fully saturated rings. The van der Waals surface area contributed by atoms with Crippen LogP contribution in [0.1, 0.15) is 18.9 Å². The van der Waals surface area contributed by atoms with Gasteiger partial charge in [-0.3, -0.25) is 0 Å². The zero-order valence-electron chi connectivity index (χ0n) is 9.91. The van der Waals surface area contributed by atoms with E-state index in [0.717, 1.165) is 18.7 Å². The number of rotatable bonds is 4. The van der Waals surface area contributed by atoms with Crippen LogP contribution in [0.4, 0.5) is 11.4 Å². The lowest BCUT2D eigenvalue weighted by Crippen LogP contribution is -2.31. The molecule has 2 nitrogen and oxygen atoms in total. The van der Waals surface area contributed by atoms with Crippen molar-refractivity contribution >= 4 is 23.1 Å². The normalized spacial score (nSPS) is 14.9. The van der Waals surface area contributed by atoms with Crippen molar-refractivity contribution < 1.29 is 0 Å². The van der Waals surface area contributed by atoms with Crippen LogP contribution in [0, 0.1) is 0 Å². The molecular formula is C13H20N2S. The number of nitrogen functional groups attached to an aromatic ring is 1. The average molecular weight is 236 g/mol. The summed E-state index contributed by atoms with van der Waals surface area (Å²) in [5.74, 6) is 2.42. The van der Waals surface area contributed by atoms with Gasteiger partial charge in [-0.25, -0.2) is 0 Å². The molecular weight excluding hydrogens is 216 g/mol. The molecule has 1 heterocycles. The maximum atomic E-state index is 6.03. The minimum Gasteiger partial charge on any atom is -0.398 e. The third kappa shape index (κ3) is 2.46. The fourth-order valence-corrected chi connectivity index (χ4v) is 2.92. The SMILES string of the molecule is CCSCCN1CCCc2c(N)cccc21. The minimum absolute atomic E-state index is 0.963. The predicted molar refractivity (Wildman–Crippen MR) is 74.4 cm³/mol. The average Bonchev–Trinajstić information content (AvgIpc) is 2.31. The third-order valence-corrected chi connectivity index (χ3v) is 3.97. The van der Waals surface area contributed by atoms with Crippen LogP contribution < -0.4 is 10.6 Å². The molecule has 1 aliphatic rings. The molecule has 0 bridgehead atoms. The van der Waals surface area contributed by atoms with Crippen molar-refractivity contribution in [3.05, 3.63) is 23.8 Å². The number of anilines is 2. The molecule has 0 saturated heterocycles. The van der Waals surface area contributed by atoms with Crippen LogP contribution in [0.15, 0.2) is 18.2 Å². The molecule has 1 aromatic carbocycles. The maximum absolute atomic E-state index is 6.03. The van der Waals surface area contributed by atoms with Gasteiger partial charge in [-0.05, 0) is 36.3 Å². The van der Waals surface area contributed by atoms with E-state index in [2.05, 4.69) is 24.0 Å². The van der Waals surface area contributed by atoms with Crippen LogP contribution in [0.25, 0.3) is 0 Å². The van der Waals surface area contributed by atoms with Gasteiger partial charge in [0.1, 0.15) is 0 Å². The molecule has 0 aromatic heterocycles.